The lowest BCUT2D eigenvalue weighted by Gasteiger charge is -2.22. The van der Waals surface area contributed by atoms with Gasteiger partial charge >= 0.3 is 5.97 Å². The van der Waals surface area contributed by atoms with Gasteiger partial charge in [0.15, 0.2) is 0 Å². The van der Waals surface area contributed by atoms with Gasteiger partial charge in [-0.15, -0.1) is 0 Å². The lowest BCUT2D eigenvalue weighted by Crippen LogP contribution is -2.47. The summed E-state index contributed by atoms with van der Waals surface area (Å²) < 4.78 is 0. The number of rotatable bonds is 5. The number of hydrogen-bond donors (Lipinski definition) is 3. The van der Waals surface area contributed by atoms with Gasteiger partial charge in [-0.2, -0.15) is 0 Å². The van der Waals surface area contributed by atoms with Crippen molar-refractivity contribution in [1.29, 1.82) is 0 Å². The smallest absolute Gasteiger partial charge is 0.326 e. The third kappa shape index (κ3) is 3.70. The Bertz CT molecular complexity index is 293. The van der Waals surface area contributed by atoms with Crippen LogP contribution in [-0.4, -0.2) is 29.1 Å². The molecule has 98 valence electrons. The van der Waals surface area contributed by atoms with Gasteiger partial charge in [0.1, 0.15) is 6.04 Å². The first kappa shape index (κ1) is 14.0. The van der Waals surface area contributed by atoms with E-state index in [1.807, 2.05) is 13.8 Å². The van der Waals surface area contributed by atoms with Gasteiger partial charge in [-0.3, -0.25) is 4.79 Å². The van der Waals surface area contributed by atoms with Gasteiger partial charge in [-0.1, -0.05) is 20.3 Å². The minimum atomic E-state index is -0.963. The summed E-state index contributed by atoms with van der Waals surface area (Å²) in [7, 11) is 0. The van der Waals surface area contributed by atoms with Gasteiger partial charge in [-0.25, -0.2) is 4.79 Å². The molecule has 0 aromatic carbocycles. The quantitative estimate of drug-likeness (QED) is 0.662. The van der Waals surface area contributed by atoms with Crippen molar-refractivity contribution in [2.45, 2.75) is 51.6 Å². The average molecular weight is 242 g/mol. The molecule has 1 rings (SSSR count). The highest BCUT2D eigenvalue weighted by molar-refractivity contribution is 5.85. The Hall–Kier alpha value is -1.10. The summed E-state index contributed by atoms with van der Waals surface area (Å²) in [5, 5.41) is 11.7. The molecule has 1 saturated carbocycles. The van der Waals surface area contributed by atoms with Crippen LogP contribution in [0.25, 0.3) is 0 Å². The standard InChI is InChI=1S/C12H22N2O3/c1-3-7(2)10(12(16)17)14-11(15)8-4-5-9(13)6-8/h7-10H,3-6,13H2,1-2H3,(H,14,15)(H,16,17)/t7?,8?,9?,10-/m0/s1. The van der Waals surface area contributed by atoms with Crippen molar-refractivity contribution in [3.05, 3.63) is 0 Å². The number of carbonyl (C=O) groups is 2. The molecule has 5 heteroatoms. The van der Waals surface area contributed by atoms with E-state index in [0.29, 0.717) is 6.42 Å². The maximum atomic E-state index is 11.9. The second kappa shape index (κ2) is 6.00. The maximum absolute atomic E-state index is 11.9. The molecule has 0 heterocycles. The lowest BCUT2D eigenvalue weighted by molar-refractivity contribution is -0.144. The molecular weight excluding hydrogens is 220 g/mol. The van der Waals surface area contributed by atoms with E-state index in [4.69, 9.17) is 10.8 Å². The predicted molar refractivity (Wildman–Crippen MR) is 64.3 cm³/mol. The molecule has 0 aromatic rings. The molecule has 1 aliphatic rings. The van der Waals surface area contributed by atoms with Crippen LogP contribution in [-0.2, 0) is 9.59 Å². The van der Waals surface area contributed by atoms with Crippen molar-refractivity contribution >= 4 is 11.9 Å². The van der Waals surface area contributed by atoms with Crippen molar-refractivity contribution in [2.24, 2.45) is 17.6 Å². The number of hydrogen-bond acceptors (Lipinski definition) is 3. The van der Waals surface area contributed by atoms with Gasteiger partial charge < -0.3 is 16.2 Å². The largest absolute Gasteiger partial charge is 0.480 e. The van der Waals surface area contributed by atoms with Gasteiger partial charge in [0, 0.05) is 12.0 Å². The van der Waals surface area contributed by atoms with Crippen molar-refractivity contribution < 1.29 is 14.7 Å². The van der Waals surface area contributed by atoms with E-state index in [1.165, 1.54) is 0 Å². The first-order chi connectivity index (χ1) is 7.95. The fourth-order valence-corrected chi connectivity index (χ4v) is 2.21. The second-order valence-corrected chi connectivity index (χ2v) is 4.98. The zero-order valence-corrected chi connectivity index (χ0v) is 10.5. The second-order valence-electron chi connectivity index (χ2n) is 4.98. The van der Waals surface area contributed by atoms with E-state index < -0.39 is 12.0 Å². The number of nitrogens with one attached hydrogen (secondary N) is 1. The van der Waals surface area contributed by atoms with Crippen LogP contribution in [0.5, 0.6) is 0 Å². The molecule has 1 fully saturated rings. The first-order valence-corrected chi connectivity index (χ1v) is 6.24. The summed E-state index contributed by atoms with van der Waals surface area (Å²) in [6.45, 7) is 3.75. The molecular formula is C12H22N2O3. The minimum Gasteiger partial charge on any atom is -0.480 e. The van der Waals surface area contributed by atoms with Crippen LogP contribution in [0.4, 0.5) is 0 Å². The number of nitrogens with two attached hydrogens (primary N) is 1. The molecule has 5 nitrogen and oxygen atoms in total. The molecule has 0 aromatic heterocycles. The molecule has 17 heavy (non-hydrogen) atoms. The molecule has 1 amide bonds. The van der Waals surface area contributed by atoms with Crippen LogP contribution >= 0.6 is 0 Å². The molecule has 3 unspecified atom stereocenters. The van der Waals surface area contributed by atoms with E-state index >= 15 is 0 Å². The highest BCUT2D eigenvalue weighted by Crippen LogP contribution is 2.24. The Kier molecular flexibility index (Phi) is 4.93. The summed E-state index contributed by atoms with van der Waals surface area (Å²) in [6.07, 6.45) is 3.00. The average Bonchev–Trinajstić information content (AvgIpc) is 2.71. The molecule has 0 spiro atoms. The van der Waals surface area contributed by atoms with Gasteiger partial charge in [0.05, 0.1) is 0 Å². The molecule has 0 saturated heterocycles. The molecule has 0 radical (unpaired) electrons. The summed E-state index contributed by atoms with van der Waals surface area (Å²) in [4.78, 5) is 23.0. The normalized spacial score (nSPS) is 27.5. The number of carbonyl (C=O) groups excluding carboxylic acids is 1. The number of carboxylic acids is 1. The van der Waals surface area contributed by atoms with E-state index in [1.54, 1.807) is 0 Å². The van der Waals surface area contributed by atoms with Crippen LogP contribution in [0.3, 0.4) is 0 Å². The lowest BCUT2D eigenvalue weighted by atomic mass is 9.98. The maximum Gasteiger partial charge on any atom is 0.326 e. The Labute approximate surface area is 102 Å². The first-order valence-electron chi connectivity index (χ1n) is 6.24. The Morgan fingerprint density at radius 3 is 2.53 bits per heavy atom. The minimum absolute atomic E-state index is 0.0634. The predicted octanol–water partition coefficient (Wildman–Crippen LogP) is 0.729. The third-order valence-electron chi connectivity index (χ3n) is 3.62. The number of amides is 1. The van der Waals surface area contributed by atoms with Gasteiger partial charge in [0.2, 0.25) is 5.91 Å². The monoisotopic (exact) mass is 242 g/mol. The van der Waals surface area contributed by atoms with Gasteiger partial charge in [0.25, 0.3) is 0 Å². The highest BCUT2D eigenvalue weighted by atomic mass is 16.4. The van der Waals surface area contributed by atoms with Crippen molar-refractivity contribution in [2.75, 3.05) is 0 Å². The van der Waals surface area contributed by atoms with Gasteiger partial charge in [-0.05, 0) is 25.2 Å². The van der Waals surface area contributed by atoms with Crippen molar-refractivity contribution in [1.82, 2.24) is 5.32 Å². The van der Waals surface area contributed by atoms with Crippen LogP contribution < -0.4 is 11.1 Å². The molecule has 0 bridgehead atoms. The van der Waals surface area contributed by atoms with Crippen molar-refractivity contribution in [3.63, 3.8) is 0 Å². The highest BCUT2D eigenvalue weighted by Gasteiger charge is 2.32. The molecule has 0 aliphatic heterocycles. The fraction of sp³-hybridized carbons (Fsp3) is 0.833. The summed E-state index contributed by atoms with van der Waals surface area (Å²) in [6, 6.07) is -0.707. The molecule has 1 aliphatic carbocycles. The third-order valence-corrected chi connectivity index (χ3v) is 3.62. The fourth-order valence-electron chi connectivity index (χ4n) is 2.21. The zero-order valence-electron chi connectivity index (χ0n) is 10.5. The zero-order chi connectivity index (χ0) is 13.0. The van der Waals surface area contributed by atoms with Crippen LogP contribution in [0.15, 0.2) is 0 Å². The van der Waals surface area contributed by atoms with Crippen LogP contribution in [0.1, 0.15) is 39.5 Å². The Morgan fingerprint density at radius 2 is 2.12 bits per heavy atom. The number of carboxylic acid groups (broad SMARTS) is 1. The number of aliphatic carboxylic acids is 1. The van der Waals surface area contributed by atoms with Crippen LogP contribution in [0.2, 0.25) is 0 Å². The van der Waals surface area contributed by atoms with Crippen LogP contribution in [0, 0.1) is 11.8 Å². The molecule has 4 atom stereocenters. The van der Waals surface area contributed by atoms with E-state index in [-0.39, 0.29) is 23.8 Å². The summed E-state index contributed by atoms with van der Waals surface area (Å²) in [5.74, 6) is -1.30. The van der Waals surface area contributed by atoms with E-state index in [2.05, 4.69) is 5.32 Å². The Balaban J connectivity index is 2.55. The van der Waals surface area contributed by atoms with E-state index in [0.717, 1.165) is 19.3 Å². The summed E-state index contributed by atoms with van der Waals surface area (Å²) >= 11 is 0. The SMILES string of the molecule is CCC(C)[C@H](NC(=O)C1CCC(N)C1)C(=O)O. The summed E-state index contributed by atoms with van der Waals surface area (Å²) in [5.41, 5.74) is 5.74. The van der Waals surface area contributed by atoms with Crippen molar-refractivity contribution in [3.8, 4) is 0 Å². The topological polar surface area (TPSA) is 92.4 Å². The van der Waals surface area contributed by atoms with E-state index in [9.17, 15) is 9.59 Å². The Morgan fingerprint density at radius 1 is 1.47 bits per heavy atom. The molecule has 4 N–H and O–H groups in total.